The summed E-state index contributed by atoms with van der Waals surface area (Å²) in [7, 11) is -3.85. The van der Waals surface area contributed by atoms with Crippen molar-refractivity contribution >= 4 is 13.5 Å². The van der Waals surface area contributed by atoms with Crippen LogP contribution in [0.1, 0.15) is 27.7 Å². The largest absolute Gasteiger partial charge is 0.427 e. The number of halogens is 5. The predicted molar refractivity (Wildman–Crippen MR) is 64.0 cm³/mol. The van der Waals surface area contributed by atoms with Gasteiger partial charge in [-0.05, 0) is 11.1 Å². The van der Waals surface area contributed by atoms with E-state index >= 15 is 0 Å². The van der Waals surface area contributed by atoms with E-state index in [2.05, 4.69) is 0 Å². The van der Waals surface area contributed by atoms with Crippen molar-refractivity contribution in [2.24, 2.45) is 0 Å². The van der Waals surface area contributed by atoms with E-state index < -0.39 is 53.7 Å². The molecule has 0 unspecified atom stereocenters. The zero-order chi connectivity index (χ0) is 15.1. The lowest BCUT2D eigenvalue weighted by atomic mass is 10.3. The first-order valence-electron chi connectivity index (χ1n) is 5.81. The zero-order valence-corrected chi connectivity index (χ0v) is 12.0. The standard InChI is InChI=1S/C12H15F5OSi/c1-5(2)19(18,6(3)4)12-10(16)8(14)7(13)9(15)11(12)17/h5-6,18H,1-4H3. The van der Waals surface area contributed by atoms with Crippen LogP contribution in [-0.4, -0.2) is 13.1 Å². The third-order valence-electron chi connectivity index (χ3n) is 3.37. The molecule has 19 heavy (non-hydrogen) atoms. The molecular formula is C12H15F5OSi. The molecular weight excluding hydrogens is 283 g/mol. The molecule has 0 aliphatic rings. The van der Waals surface area contributed by atoms with Crippen LogP contribution in [0.4, 0.5) is 22.0 Å². The first kappa shape index (κ1) is 16.1. The molecule has 0 saturated carbocycles. The summed E-state index contributed by atoms with van der Waals surface area (Å²) in [6, 6.07) is 0. The number of rotatable bonds is 3. The van der Waals surface area contributed by atoms with Gasteiger partial charge in [-0.2, -0.15) is 0 Å². The Morgan fingerprint density at radius 1 is 0.684 bits per heavy atom. The van der Waals surface area contributed by atoms with E-state index in [1.165, 1.54) is 27.7 Å². The fraction of sp³-hybridized carbons (Fsp3) is 0.500. The molecule has 7 heteroatoms. The predicted octanol–water partition coefficient (Wildman–Crippen LogP) is 3.35. The van der Waals surface area contributed by atoms with Crippen LogP contribution in [0.3, 0.4) is 0 Å². The molecule has 1 aromatic rings. The minimum atomic E-state index is -3.85. The van der Waals surface area contributed by atoms with Gasteiger partial charge in [0.1, 0.15) is 0 Å². The van der Waals surface area contributed by atoms with Crippen LogP contribution in [0.15, 0.2) is 0 Å². The molecule has 0 bridgehead atoms. The molecule has 0 atom stereocenters. The van der Waals surface area contributed by atoms with Crippen LogP contribution in [0.5, 0.6) is 0 Å². The third-order valence-corrected chi connectivity index (χ3v) is 8.13. The molecule has 0 amide bonds. The van der Waals surface area contributed by atoms with Gasteiger partial charge in [-0.3, -0.25) is 0 Å². The highest BCUT2D eigenvalue weighted by molar-refractivity contribution is 6.87. The second kappa shape index (κ2) is 5.20. The van der Waals surface area contributed by atoms with Gasteiger partial charge in [0, 0.05) is 5.19 Å². The maximum atomic E-state index is 13.8. The molecule has 1 rings (SSSR count). The van der Waals surface area contributed by atoms with E-state index in [4.69, 9.17) is 0 Å². The Morgan fingerprint density at radius 3 is 1.21 bits per heavy atom. The molecule has 0 heterocycles. The molecule has 1 aromatic carbocycles. The van der Waals surface area contributed by atoms with Gasteiger partial charge in [0.15, 0.2) is 23.3 Å². The highest BCUT2D eigenvalue weighted by Gasteiger charge is 2.47. The summed E-state index contributed by atoms with van der Waals surface area (Å²) in [4.78, 5) is 10.5. The van der Waals surface area contributed by atoms with E-state index in [-0.39, 0.29) is 0 Å². The van der Waals surface area contributed by atoms with Crippen LogP contribution in [-0.2, 0) is 0 Å². The monoisotopic (exact) mass is 298 g/mol. The van der Waals surface area contributed by atoms with E-state index in [0.29, 0.717) is 0 Å². The Morgan fingerprint density at radius 2 is 0.947 bits per heavy atom. The molecule has 0 aliphatic heterocycles. The summed E-state index contributed by atoms with van der Waals surface area (Å²) in [5.41, 5.74) is -1.19. The minimum Gasteiger partial charge on any atom is -0.427 e. The number of hydrogen-bond acceptors (Lipinski definition) is 1. The molecule has 1 nitrogen and oxygen atoms in total. The summed E-state index contributed by atoms with van der Waals surface area (Å²) in [5.74, 6) is -10.1. The Bertz CT molecular complexity index is 464. The molecule has 1 N–H and O–H groups in total. The Labute approximate surface area is 109 Å². The second-order valence-corrected chi connectivity index (χ2v) is 9.54. The lowest BCUT2D eigenvalue weighted by Gasteiger charge is -2.34. The summed E-state index contributed by atoms with van der Waals surface area (Å²) < 4.78 is 67.0. The Kier molecular flexibility index (Phi) is 4.41. The summed E-state index contributed by atoms with van der Waals surface area (Å²) in [6.45, 7) is 6.02. The molecule has 0 spiro atoms. The van der Waals surface area contributed by atoms with Crippen LogP contribution >= 0.6 is 0 Å². The molecule has 0 saturated heterocycles. The van der Waals surface area contributed by atoms with Crippen LogP contribution in [0.25, 0.3) is 0 Å². The van der Waals surface area contributed by atoms with Crippen molar-refractivity contribution in [3.63, 3.8) is 0 Å². The third kappa shape index (κ3) is 2.29. The molecule has 0 radical (unpaired) electrons. The van der Waals surface area contributed by atoms with E-state index in [0.717, 1.165) is 0 Å². The maximum absolute atomic E-state index is 13.8. The van der Waals surface area contributed by atoms with Crippen molar-refractivity contribution in [1.29, 1.82) is 0 Å². The fourth-order valence-corrected chi connectivity index (χ4v) is 5.61. The Hall–Kier alpha value is -0.953. The zero-order valence-electron chi connectivity index (χ0n) is 11.0. The average molecular weight is 298 g/mol. The summed E-state index contributed by atoms with van der Waals surface area (Å²) in [6.07, 6.45) is 0. The summed E-state index contributed by atoms with van der Waals surface area (Å²) in [5, 5.41) is -1.03. The average Bonchev–Trinajstić information content (AvgIpc) is 2.33. The fourth-order valence-electron chi connectivity index (χ4n) is 2.20. The van der Waals surface area contributed by atoms with Gasteiger partial charge in [-0.25, -0.2) is 22.0 Å². The van der Waals surface area contributed by atoms with Crippen molar-refractivity contribution in [3.05, 3.63) is 29.1 Å². The second-order valence-electron chi connectivity index (χ2n) is 5.08. The van der Waals surface area contributed by atoms with Crippen molar-refractivity contribution in [2.75, 3.05) is 0 Å². The first-order valence-corrected chi connectivity index (χ1v) is 7.91. The van der Waals surface area contributed by atoms with Crippen molar-refractivity contribution in [1.82, 2.24) is 0 Å². The number of hydrogen-bond donors (Lipinski definition) is 1. The lowest BCUT2D eigenvalue weighted by molar-refractivity contribution is 0.379. The van der Waals surface area contributed by atoms with Gasteiger partial charge < -0.3 is 4.80 Å². The van der Waals surface area contributed by atoms with Crippen molar-refractivity contribution < 1.29 is 26.7 Å². The highest BCUT2D eigenvalue weighted by atomic mass is 28.4. The van der Waals surface area contributed by atoms with Gasteiger partial charge in [0.25, 0.3) is 0 Å². The Balaban J connectivity index is 3.77. The van der Waals surface area contributed by atoms with Gasteiger partial charge >= 0.3 is 0 Å². The first-order chi connectivity index (χ1) is 8.56. The van der Waals surface area contributed by atoms with Crippen molar-refractivity contribution in [2.45, 2.75) is 38.8 Å². The smallest absolute Gasteiger partial charge is 0.231 e. The molecule has 0 fully saturated rings. The van der Waals surface area contributed by atoms with E-state index in [1.807, 2.05) is 0 Å². The topological polar surface area (TPSA) is 20.2 Å². The van der Waals surface area contributed by atoms with E-state index in [9.17, 15) is 26.7 Å². The van der Waals surface area contributed by atoms with E-state index in [1.54, 1.807) is 0 Å². The number of benzene rings is 1. The summed E-state index contributed by atoms with van der Waals surface area (Å²) >= 11 is 0. The van der Waals surface area contributed by atoms with Crippen LogP contribution in [0, 0.1) is 29.1 Å². The van der Waals surface area contributed by atoms with Crippen LogP contribution in [0.2, 0.25) is 11.1 Å². The minimum absolute atomic E-state index is 0.597. The molecule has 108 valence electrons. The van der Waals surface area contributed by atoms with Gasteiger partial charge in [-0.15, -0.1) is 0 Å². The normalized spacial score (nSPS) is 12.6. The van der Waals surface area contributed by atoms with Gasteiger partial charge in [0.05, 0.1) is 0 Å². The molecule has 0 aliphatic carbocycles. The van der Waals surface area contributed by atoms with Crippen molar-refractivity contribution in [3.8, 4) is 0 Å². The molecule has 0 aromatic heterocycles. The highest BCUT2D eigenvalue weighted by Crippen LogP contribution is 2.32. The SMILES string of the molecule is CC(C)[Si](O)(c1c(F)c(F)c(F)c(F)c1F)C(C)C. The van der Waals surface area contributed by atoms with Gasteiger partial charge in [-0.1, -0.05) is 27.7 Å². The lowest BCUT2D eigenvalue weighted by Crippen LogP contribution is -2.57. The van der Waals surface area contributed by atoms with Crippen LogP contribution < -0.4 is 5.19 Å². The maximum Gasteiger partial charge on any atom is 0.231 e. The van der Waals surface area contributed by atoms with Gasteiger partial charge in [0.2, 0.25) is 14.1 Å². The quantitative estimate of drug-likeness (QED) is 0.393.